The molecule has 1 aromatic heterocycles. The fourth-order valence-corrected chi connectivity index (χ4v) is 3.29. The van der Waals surface area contributed by atoms with Crippen molar-refractivity contribution in [2.24, 2.45) is 13.0 Å². The van der Waals surface area contributed by atoms with Crippen LogP contribution in [0.3, 0.4) is 0 Å². The maximum atomic E-state index is 13.7. The fraction of sp³-hybridized carbons (Fsp3) is 0.444. The molecule has 0 spiro atoms. The number of halogens is 1. The van der Waals surface area contributed by atoms with E-state index >= 15 is 0 Å². The van der Waals surface area contributed by atoms with Crippen molar-refractivity contribution in [3.8, 4) is 0 Å². The fourth-order valence-electron chi connectivity index (χ4n) is 3.29. The lowest BCUT2D eigenvalue weighted by Crippen LogP contribution is -2.40. The highest BCUT2D eigenvalue weighted by molar-refractivity contribution is 5.92. The monoisotopic (exact) mass is 315 g/mol. The first-order valence-corrected chi connectivity index (χ1v) is 8.16. The van der Waals surface area contributed by atoms with Crippen LogP contribution in [0.4, 0.5) is 4.39 Å². The Hall–Kier alpha value is -2.17. The van der Waals surface area contributed by atoms with E-state index < -0.39 is 0 Å². The third kappa shape index (κ3) is 3.60. The van der Waals surface area contributed by atoms with E-state index in [0.717, 1.165) is 44.3 Å². The molecule has 0 unspecified atom stereocenters. The van der Waals surface area contributed by atoms with Crippen molar-refractivity contribution < 1.29 is 9.18 Å². The van der Waals surface area contributed by atoms with E-state index in [0.29, 0.717) is 11.6 Å². The van der Waals surface area contributed by atoms with Gasteiger partial charge in [0.25, 0.3) is 5.91 Å². The number of hydrogen-bond donors (Lipinski definition) is 0. The SMILES string of the molecule is Cn1nccc1C(=O)N1CCC[C@@H](CCc2ccccc2F)C1. The zero-order chi connectivity index (χ0) is 16.2. The Morgan fingerprint density at radius 3 is 2.91 bits per heavy atom. The molecular formula is C18H22FN3O. The molecule has 0 bridgehead atoms. The van der Waals surface area contributed by atoms with Gasteiger partial charge in [-0.1, -0.05) is 18.2 Å². The second kappa shape index (κ2) is 6.94. The molecular weight excluding hydrogens is 293 g/mol. The van der Waals surface area contributed by atoms with Crippen molar-refractivity contribution in [2.45, 2.75) is 25.7 Å². The van der Waals surface area contributed by atoms with Crippen LogP contribution < -0.4 is 0 Å². The van der Waals surface area contributed by atoms with Gasteiger partial charge in [0.1, 0.15) is 11.5 Å². The molecule has 3 rings (SSSR count). The van der Waals surface area contributed by atoms with Gasteiger partial charge in [0.05, 0.1) is 0 Å². The quantitative estimate of drug-likeness (QED) is 0.870. The van der Waals surface area contributed by atoms with Crippen molar-refractivity contribution >= 4 is 5.91 Å². The predicted octanol–water partition coefficient (Wildman–Crippen LogP) is 3.04. The van der Waals surface area contributed by atoms with Crippen LogP contribution in [0.5, 0.6) is 0 Å². The molecule has 1 aromatic carbocycles. The number of rotatable bonds is 4. The molecule has 0 aliphatic carbocycles. The normalized spacial score (nSPS) is 18.2. The number of nitrogens with zero attached hydrogens (tertiary/aromatic N) is 3. The van der Waals surface area contributed by atoms with Crippen LogP contribution in [0.2, 0.25) is 0 Å². The van der Waals surface area contributed by atoms with Gasteiger partial charge in [-0.3, -0.25) is 9.48 Å². The van der Waals surface area contributed by atoms with E-state index in [4.69, 9.17) is 0 Å². The number of aryl methyl sites for hydroxylation is 2. The summed E-state index contributed by atoms with van der Waals surface area (Å²) in [4.78, 5) is 14.5. The van der Waals surface area contributed by atoms with Crippen molar-refractivity contribution in [3.63, 3.8) is 0 Å². The minimum absolute atomic E-state index is 0.0422. The van der Waals surface area contributed by atoms with Gasteiger partial charge in [0, 0.05) is 26.3 Å². The number of benzene rings is 1. The lowest BCUT2D eigenvalue weighted by molar-refractivity contribution is 0.0657. The summed E-state index contributed by atoms with van der Waals surface area (Å²) in [6, 6.07) is 8.70. The van der Waals surface area contributed by atoms with Crippen LogP contribution in [0.1, 0.15) is 35.3 Å². The Kier molecular flexibility index (Phi) is 4.74. The standard InChI is InChI=1S/C18H22FN3O/c1-21-17(10-11-20-21)18(23)22-12-4-5-14(13-22)8-9-15-6-2-3-7-16(15)19/h2-3,6-7,10-11,14H,4-5,8-9,12-13H2,1H3/t14-/m0/s1. The Balaban J connectivity index is 1.59. The minimum Gasteiger partial charge on any atom is -0.337 e. The van der Waals surface area contributed by atoms with Crippen molar-refractivity contribution in [3.05, 3.63) is 53.6 Å². The molecule has 0 N–H and O–H groups in total. The van der Waals surface area contributed by atoms with Crippen molar-refractivity contribution in [2.75, 3.05) is 13.1 Å². The Morgan fingerprint density at radius 2 is 2.17 bits per heavy atom. The number of aromatic nitrogens is 2. The summed E-state index contributed by atoms with van der Waals surface area (Å²) in [7, 11) is 1.78. The smallest absolute Gasteiger partial charge is 0.272 e. The summed E-state index contributed by atoms with van der Waals surface area (Å²) < 4.78 is 15.3. The molecule has 1 aliphatic rings. The van der Waals surface area contributed by atoms with Crippen LogP contribution in [0.15, 0.2) is 36.5 Å². The Labute approximate surface area is 135 Å². The first-order valence-electron chi connectivity index (χ1n) is 8.16. The molecule has 1 aliphatic heterocycles. The van der Waals surface area contributed by atoms with E-state index in [9.17, 15) is 9.18 Å². The van der Waals surface area contributed by atoms with E-state index in [2.05, 4.69) is 5.10 Å². The average Bonchev–Trinajstić information content (AvgIpc) is 3.00. The third-order valence-electron chi connectivity index (χ3n) is 4.63. The number of hydrogen-bond acceptors (Lipinski definition) is 2. The molecule has 2 heterocycles. The molecule has 1 atom stereocenters. The Bertz CT molecular complexity index is 682. The van der Waals surface area contributed by atoms with Gasteiger partial charge in [0.15, 0.2) is 0 Å². The van der Waals surface area contributed by atoms with Gasteiger partial charge in [-0.25, -0.2) is 4.39 Å². The molecule has 1 amide bonds. The summed E-state index contributed by atoms with van der Waals surface area (Å²) in [5, 5.41) is 4.06. The van der Waals surface area contributed by atoms with Crippen molar-refractivity contribution in [1.82, 2.24) is 14.7 Å². The maximum Gasteiger partial charge on any atom is 0.272 e. The van der Waals surface area contributed by atoms with Gasteiger partial charge < -0.3 is 4.90 Å². The molecule has 1 saturated heterocycles. The molecule has 0 radical (unpaired) electrons. The van der Waals surface area contributed by atoms with Crippen LogP contribution in [-0.4, -0.2) is 33.7 Å². The molecule has 122 valence electrons. The predicted molar refractivity (Wildman–Crippen MR) is 86.6 cm³/mol. The molecule has 0 saturated carbocycles. The highest BCUT2D eigenvalue weighted by Gasteiger charge is 2.25. The number of carbonyl (C=O) groups is 1. The van der Waals surface area contributed by atoms with Crippen LogP contribution in [-0.2, 0) is 13.5 Å². The summed E-state index contributed by atoms with van der Waals surface area (Å²) in [5.41, 5.74) is 1.39. The van der Waals surface area contributed by atoms with Gasteiger partial charge in [-0.15, -0.1) is 0 Å². The van der Waals surface area contributed by atoms with E-state index in [1.807, 2.05) is 17.0 Å². The second-order valence-electron chi connectivity index (χ2n) is 6.23. The first-order chi connectivity index (χ1) is 11.1. The van der Waals surface area contributed by atoms with E-state index in [1.165, 1.54) is 6.07 Å². The van der Waals surface area contributed by atoms with Gasteiger partial charge >= 0.3 is 0 Å². The first kappa shape index (κ1) is 15.7. The number of amides is 1. The maximum absolute atomic E-state index is 13.7. The summed E-state index contributed by atoms with van der Waals surface area (Å²) in [6.07, 6.45) is 5.39. The van der Waals surface area contributed by atoms with Gasteiger partial charge in [0.2, 0.25) is 0 Å². The highest BCUT2D eigenvalue weighted by Crippen LogP contribution is 2.23. The van der Waals surface area contributed by atoms with Crippen LogP contribution in [0, 0.1) is 11.7 Å². The largest absolute Gasteiger partial charge is 0.337 e. The lowest BCUT2D eigenvalue weighted by Gasteiger charge is -2.32. The molecule has 1 fully saturated rings. The molecule has 4 nitrogen and oxygen atoms in total. The number of likely N-dealkylation sites (tertiary alicyclic amines) is 1. The average molecular weight is 315 g/mol. The highest BCUT2D eigenvalue weighted by atomic mass is 19.1. The zero-order valence-corrected chi connectivity index (χ0v) is 13.4. The molecule has 23 heavy (non-hydrogen) atoms. The molecule has 5 heteroatoms. The Morgan fingerprint density at radius 1 is 1.35 bits per heavy atom. The van der Waals surface area contributed by atoms with Gasteiger partial charge in [-0.2, -0.15) is 5.10 Å². The number of piperidine rings is 1. The second-order valence-corrected chi connectivity index (χ2v) is 6.23. The van der Waals surface area contributed by atoms with E-state index in [1.54, 1.807) is 30.1 Å². The summed E-state index contributed by atoms with van der Waals surface area (Å²) >= 11 is 0. The third-order valence-corrected chi connectivity index (χ3v) is 4.63. The zero-order valence-electron chi connectivity index (χ0n) is 13.4. The topological polar surface area (TPSA) is 38.1 Å². The van der Waals surface area contributed by atoms with Crippen LogP contribution >= 0.6 is 0 Å². The summed E-state index contributed by atoms with van der Waals surface area (Å²) in [5.74, 6) is 0.340. The number of carbonyl (C=O) groups excluding carboxylic acids is 1. The molecule has 2 aromatic rings. The minimum atomic E-state index is -0.133. The van der Waals surface area contributed by atoms with Crippen molar-refractivity contribution in [1.29, 1.82) is 0 Å². The van der Waals surface area contributed by atoms with Crippen LogP contribution in [0.25, 0.3) is 0 Å². The van der Waals surface area contributed by atoms with E-state index in [-0.39, 0.29) is 11.7 Å². The lowest BCUT2D eigenvalue weighted by atomic mass is 9.91. The summed E-state index contributed by atoms with van der Waals surface area (Å²) in [6.45, 7) is 1.54. The van der Waals surface area contributed by atoms with Gasteiger partial charge in [-0.05, 0) is 49.3 Å².